The first-order valence-corrected chi connectivity index (χ1v) is 7.15. The van der Waals surface area contributed by atoms with Crippen LogP contribution in [0, 0.1) is 0 Å². The number of likely N-dealkylation sites (tertiary alicyclic amines) is 1. The predicted octanol–water partition coefficient (Wildman–Crippen LogP) is 1.64. The standard InChI is InChI=1S/C15H23N3O/c1-17-12-3-4-13(17)10-18(7-6-12)9-11-2-5-15(19)14(16)8-11/h2,5,8,12-13,19H,3-4,6-7,9-10,16H2,1H3. The van der Waals surface area contributed by atoms with Crippen LogP contribution in [0.15, 0.2) is 18.2 Å². The van der Waals surface area contributed by atoms with E-state index in [2.05, 4.69) is 16.8 Å². The molecule has 0 spiro atoms. The van der Waals surface area contributed by atoms with Crippen molar-refractivity contribution >= 4 is 5.69 Å². The molecule has 0 aliphatic carbocycles. The van der Waals surface area contributed by atoms with E-state index in [0.29, 0.717) is 11.7 Å². The topological polar surface area (TPSA) is 52.7 Å². The van der Waals surface area contributed by atoms with Gasteiger partial charge in [0.2, 0.25) is 0 Å². The second kappa shape index (κ2) is 5.02. The number of nitrogens with two attached hydrogens (primary N) is 1. The van der Waals surface area contributed by atoms with Gasteiger partial charge >= 0.3 is 0 Å². The fourth-order valence-corrected chi connectivity index (χ4v) is 3.48. The highest BCUT2D eigenvalue weighted by Gasteiger charge is 2.34. The lowest BCUT2D eigenvalue weighted by Gasteiger charge is -2.25. The molecular weight excluding hydrogens is 238 g/mol. The summed E-state index contributed by atoms with van der Waals surface area (Å²) in [4.78, 5) is 5.08. The van der Waals surface area contributed by atoms with E-state index in [1.54, 1.807) is 6.07 Å². The van der Waals surface area contributed by atoms with Gasteiger partial charge in [0.05, 0.1) is 5.69 Å². The zero-order valence-corrected chi connectivity index (χ0v) is 11.5. The fraction of sp³-hybridized carbons (Fsp3) is 0.600. The average Bonchev–Trinajstić information content (AvgIpc) is 2.62. The van der Waals surface area contributed by atoms with Gasteiger partial charge < -0.3 is 10.8 Å². The van der Waals surface area contributed by atoms with Crippen LogP contribution in [-0.2, 0) is 6.54 Å². The summed E-state index contributed by atoms with van der Waals surface area (Å²) >= 11 is 0. The number of phenols is 1. The predicted molar refractivity (Wildman–Crippen MR) is 77.0 cm³/mol. The molecular formula is C15H23N3O. The Hall–Kier alpha value is -1.26. The summed E-state index contributed by atoms with van der Waals surface area (Å²) in [6, 6.07) is 7.04. The number of phenolic OH excluding ortho intramolecular Hbond substituents is 1. The third kappa shape index (κ3) is 2.55. The number of fused-ring (bicyclic) bond motifs is 2. The Morgan fingerprint density at radius 3 is 2.84 bits per heavy atom. The van der Waals surface area contributed by atoms with Crippen LogP contribution < -0.4 is 5.73 Å². The molecule has 1 aromatic carbocycles. The van der Waals surface area contributed by atoms with Crippen molar-refractivity contribution in [1.29, 1.82) is 0 Å². The van der Waals surface area contributed by atoms with E-state index in [-0.39, 0.29) is 5.75 Å². The minimum atomic E-state index is 0.179. The molecule has 2 aliphatic heterocycles. The van der Waals surface area contributed by atoms with E-state index in [4.69, 9.17) is 5.73 Å². The summed E-state index contributed by atoms with van der Waals surface area (Å²) in [5.74, 6) is 0.179. The molecule has 2 aliphatic rings. The van der Waals surface area contributed by atoms with E-state index in [1.165, 1.54) is 24.8 Å². The number of hydrogen-bond donors (Lipinski definition) is 2. The van der Waals surface area contributed by atoms with Crippen LogP contribution in [0.2, 0.25) is 0 Å². The highest BCUT2D eigenvalue weighted by Crippen LogP contribution is 2.29. The molecule has 2 unspecified atom stereocenters. The summed E-state index contributed by atoms with van der Waals surface area (Å²) in [5.41, 5.74) is 7.43. The second-order valence-electron chi connectivity index (χ2n) is 5.97. The first-order chi connectivity index (χ1) is 9.13. The van der Waals surface area contributed by atoms with E-state index in [0.717, 1.165) is 25.7 Å². The Balaban J connectivity index is 1.68. The Kier molecular flexibility index (Phi) is 3.37. The van der Waals surface area contributed by atoms with Crippen molar-refractivity contribution in [1.82, 2.24) is 9.80 Å². The van der Waals surface area contributed by atoms with Crippen molar-refractivity contribution in [3.8, 4) is 5.75 Å². The summed E-state index contributed by atoms with van der Waals surface area (Å²) in [6.45, 7) is 3.24. The Morgan fingerprint density at radius 1 is 1.26 bits per heavy atom. The maximum Gasteiger partial charge on any atom is 0.138 e. The Labute approximate surface area is 114 Å². The zero-order valence-electron chi connectivity index (χ0n) is 11.5. The van der Waals surface area contributed by atoms with Crippen LogP contribution in [0.5, 0.6) is 5.75 Å². The summed E-state index contributed by atoms with van der Waals surface area (Å²) < 4.78 is 0. The van der Waals surface area contributed by atoms with Crippen LogP contribution in [0.3, 0.4) is 0 Å². The SMILES string of the molecule is CN1C2CCC1CN(Cc1ccc(O)c(N)c1)CC2. The van der Waals surface area contributed by atoms with Crippen molar-refractivity contribution < 1.29 is 5.11 Å². The van der Waals surface area contributed by atoms with Gasteiger partial charge in [-0.1, -0.05) is 6.07 Å². The normalized spacial score (nSPS) is 28.5. The molecule has 2 atom stereocenters. The average molecular weight is 261 g/mol. The number of likely N-dealkylation sites (N-methyl/N-ethyl adjacent to an activating group) is 1. The molecule has 104 valence electrons. The molecule has 1 aromatic rings. The summed E-state index contributed by atoms with van der Waals surface area (Å²) in [6.07, 6.45) is 3.96. The van der Waals surface area contributed by atoms with Crippen LogP contribution in [0.1, 0.15) is 24.8 Å². The van der Waals surface area contributed by atoms with Gasteiger partial charge in [-0.3, -0.25) is 9.80 Å². The van der Waals surface area contributed by atoms with Crippen molar-refractivity contribution in [3.63, 3.8) is 0 Å². The first-order valence-electron chi connectivity index (χ1n) is 7.15. The number of aromatic hydroxyl groups is 1. The molecule has 2 saturated heterocycles. The number of benzene rings is 1. The van der Waals surface area contributed by atoms with E-state index >= 15 is 0 Å². The minimum Gasteiger partial charge on any atom is -0.506 e. The smallest absolute Gasteiger partial charge is 0.138 e. The van der Waals surface area contributed by atoms with Gasteiger partial charge in [-0.05, 0) is 44.0 Å². The van der Waals surface area contributed by atoms with Gasteiger partial charge in [-0.15, -0.1) is 0 Å². The number of hydrogen-bond acceptors (Lipinski definition) is 4. The lowest BCUT2D eigenvalue weighted by molar-refractivity contribution is 0.214. The molecule has 3 rings (SSSR count). The molecule has 2 heterocycles. The highest BCUT2D eigenvalue weighted by atomic mass is 16.3. The van der Waals surface area contributed by atoms with Crippen LogP contribution in [0.4, 0.5) is 5.69 Å². The summed E-state index contributed by atoms with van der Waals surface area (Å²) in [7, 11) is 2.27. The molecule has 0 amide bonds. The van der Waals surface area contributed by atoms with Gasteiger partial charge in [0.25, 0.3) is 0 Å². The minimum absolute atomic E-state index is 0.179. The third-order valence-electron chi connectivity index (χ3n) is 4.73. The molecule has 0 aromatic heterocycles. The zero-order chi connectivity index (χ0) is 13.4. The monoisotopic (exact) mass is 261 g/mol. The van der Waals surface area contributed by atoms with E-state index < -0.39 is 0 Å². The van der Waals surface area contributed by atoms with E-state index in [1.807, 2.05) is 12.1 Å². The first kappa shape index (κ1) is 12.8. The van der Waals surface area contributed by atoms with Crippen molar-refractivity contribution in [3.05, 3.63) is 23.8 Å². The number of nitrogen functional groups attached to an aromatic ring is 1. The number of nitrogens with zero attached hydrogens (tertiary/aromatic N) is 2. The molecule has 0 saturated carbocycles. The largest absolute Gasteiger partial charge is 0.506 e. The van der Waals surface area contributed by atoms with Crippen LogP contribution >= 0.6 is 0 Å². The quantitative estimate of drug-likeness (QED) is 0.628. The third-order valence-corrected chi connectivity index (χ3v) is 4.73. The van der Waals surface area contributed by atoms with Crippen molar-refractivity contribution in [2.45, 2.75) is 37.9 Å². The van der Waals surface area contributed by atoms with E-state index in [9.17, 15) is 5.11 Å². The van der Waals surface area contributed by atoms with Gasteiger partial charge in [0.1, 0.15) is 5.75 Å². The highest BCUT2D eigenvalue weighted by molar-refractivity contribution is 5.53. The molecule has 3 N–H and O–H groups in total. The van der Waals surface area contributed by atoms with Gasteiger partial charge in [-0.2, -0.15) is 0 Å². The lowest BCUT2D eigenvalue weighted by atomic mass is 10.1. The van der Waals surface area contributed by atoms with Gasteiger partial charge in [0, 0.05) is 31.7 Å². The molecule has 2 bridgehead atoms. The molecule has 0 radical (unpaired) electrons. The van der Waals surface area contributed by atoms with Gasteiger partial charge in [0.15, 0.2) is 0 Å². The maximum absolute atomic E-state index is 9.47. The van der Waals surface area contributed by atoms with Crippen LogP contribution in [0.25, 0.3) is 0 Å². The Bertz CT molecular complexity index is 463. The fourth-order valence-electron chi connectivity index (χ4n) is 3.48. The molecule has 2 fully saturated rings. The number of rotatable bonds is 2. The molecule has 4 heteroatoms. The number of anilines is 1. The second-order valence-corrected chi connectivity index (χ2v) is 5.97. The van der Waals surface area contributed by atoms with Crippen LogP contribution in [-0.4, -0.2) is 47.1 Å². The van der Waals surface area contributed by atoms with Crippen molar-refractivity contribution in [2.75, 3.05) is 25.9 Å². The summed E-state index contributed by atoms with van der Waals surface area (Å²) in [5, 5.41) is 9.47. The van der Waals surface area contributed by atoms with Crippen molar-refractivity contribution in [2.24, 2.45) is 0 Å². The lowest BCUT2D eigenvalue weighted by Crippen LogP contribution is -2.36. The maximum atomic E-state index is 9.47. The Morgan fingerprint density at radius 2 is 2.05 bits per heavy atom. The molecule has 4 nitrogen and oxygen atoms in total. The van der Waals surface area contributed by atoms with Gasteiger partial charge in [-0.25, -0.2) is 0 Å². The molecule has 19 heavy (non-hydrogen) atoms.